The summed E-state index contributed by atoms with van der Waals surface area (Å²) in [5.74, 6) is -1.27. The van der Waals surface area contributed by atoms with E-state index >= 15 is 0 Å². The summed E-state index contributed by atoms with van der Waals surface area (Å²) in [6.45, 7) is 1.62. The van der Waals surface area contributed by atoms with E-state index in [4.69, 9.17) is 0 Å². The van der Waals surface area contributed by atoms with Gasteiger partial charge in [0.15, 0.2) is 0 Å². The van der Waals surface area contributed by atoms with Crippen LogP contribution in [0.4, 0.5) is 28.9 Å². The number of hydrogen-bond acceptors (Lipinski definition) is 2. The number of anilines is 2. The van der Waals surface area contributed by atoms with Crippen LogP contribution in [0, 0.1) is 12.7 Å². The van der Waals surface area contributed by atoms with E-state index in [1.807, 2.05) is 0 Å². The minimum absolute atomic E-state index is 0.00323. The standard InChI is InChI=1S/C17H16F4N2O/c1-10-4-6-12(18)9-13(10)16(24)22-14-8-11(17(19,20)21)5-7-15(14)23(2)3/h4-9H,1-3H3,(H,22,24). The van der Waals surface area contributed by atoms with Crippen molar-refractivity contribution in [3.8, 4) is 0 Å². The van der Waals surface area contributed by atoms with E-state index < -0.39 is 23.5 Å². The Hall–Kier alpha value is -2.57. The fraction of sp³-hybridized carbons (Fsp3) is 0.235. The van der Waals surface area contributed by atoms with Crippen molar-refractivity contribution in [2.24, 2.45) is 0 Å². The van der Waals surface area contributed by atoms with E-state index in [0.29, 0.717) is 11.3 Å². The maximum Gasteiger partial charge on any atom is 0.416 e. The Balaban J connectivity index is 2.43. The first-order valence-corrected chi connectivity index (χ1v) is 7.05. The van der Waals surface area contributed by atoms with Crippen LogP contribution < -0.4 is 10.2 Å². The van der Waals surface area contributed by atoms with Crippen molar-refractivity contribution >= 4 is 17.3 Å². The first-order valence-electron chi connectivity index (χ1n) is 7.05. The van der Waals surface area contributed by atoms with Crippen molar-refractivity contribution in [3.05, 3.63) is 58.9 Å². The van der Waals surface area contributed by atoms with E-state index in [0.717, 1.165) is 18.2 Å². The summed E-state index contributed by atoms with van der Waals surface area (Å²) >= 11 is 0. The number of halogens is 4. The van der Waals surface area contributed by atoms with E-state index in [-0.39, 0.29) is 11.3 Å². The minimum atomic E-state index is -4.53. The molecule has 2 aromatic rings. The summed E-state index contributed by atoms with van der Waals surface area (Å²) in [7, 11) is 3.29. The van der Waals surface area contributed by atoms with Gasteiger partial charge in [0.25, 0.3) is 5.91 Å². The smallest absolute Gasteiger partial charge is 0.376 e. The zero-order chi connectivity index (χ0) is 18.1. The number of carbonyl (C=O) groups is 1. The molecule has 0 radical (unpaired) electrons. The van der Waals surface area contributed by atoms with Gasteiger partial charge in [-0.05, 0) is 42.8 Å². The van der Waals surface area contributed by atoms with Crippen molar-refractivity contribution in [3.63, 3.8) is 0 Å². The maximum absolute atomic E-state index is 13.3. The van der Waals surface area contributed by atoms with Gasteiger partial charge in [-0.25, -0.2) is 4.39 Å². The predicted octanol–water partition coefficient (Wildman–Crippen LogP) is 4.47. The molecule has 0 bridgehead atoms. The summed E-state index contributed by atoms with van der Waals surface area (Å²) < 4.78 is 52.0. The second kappa shape index (κ2) is 6.51. The number of hydrogen-bond donors (Lipinski definition) is 1. The van der Waals surface area contributed by atoms with Crippen molar-refractivity contribution in [1.29, 1.82) is 0 Å². The highest BCUT2D eigenvalue weighted by atomic mass is 19.4. The van der Waals surface area contributed by atoms with Crippen LogP contribution in [0.2, 0.25) is 0 Å². The van der Waals surface area contributed by atoms with Crippen LogP contribution in [0.3, 0.4) is 0 Å². The molecule has 0 aromatic heterocycles. The Bertz CT molecular complexity index is 770. The third-order valence-electron chi connectivity index (χ3n) is 3.50. The number of nitrogens with one attached hydrogen (secondary N) is 1. The number of benzene rings is 2. The van der Waals surface area contributed by atoms with E-state index in [1.165, 1.54) is 18.2 Å². The molecule has 0 unspecified atom stereocenters. The molecule has 128 valence electrons. The lowest BCUT2D eigenvalue weighted by Crippen LogP contribution is -2.18. The lowest BCUT2D eigenvalue weighted by Gasteiger charge is -2.20. The number of rotatable bonds is 3. The highest BCUT2D eigenvalue weighted by Crippen LogP contribution is 2.35. The molecule has 24 heavy (non-hydrogen) atoms. The van der Waals surface area contributed by atoms with Gasteiger partial charge >= 0.3 is 6.18 Å². The molecule has 0 aliphatic rings. The van der Waals surface area contributed by atoms with Gasteiger partial charge in [-0.3, -0.25) is 4.79 Å². The van der Waals surface area contributed by atoms with Gasteiger partial charge in [0.05, 0.1) is 16.9 Å². The van der Waals surface area contributed by atoms with Gasteiger partial charge in [-0.2, -0.15) is 13.2 Å². The molecule has 1 amide bonds. The average molecular weight is 340 g/mol. The van der Waals surface area contributed by atoms with Crippen LogP contribution in [-0.4, -0.2) is 20.0 Å². The fourth-order valence-electron chi connectivity index (χ4n) is 2.23. The van der Waals surface area contributed by atoms with Crippen LogP contribution in [0.25, 0.3) is 0 Å². The zero-order valence-corrected chi connectivity index (χ0v) is 13.3. The van der Waals surface area contributed by atoms with Gasteiger partial charge < -0.3 is 10.2 Å². The molecule has 1 N–H and O–H groups in total. The molecular weight excluding hydrogens is 324 g/mol. The van der Waals surface area contributed by atoms with E-state index in [9.17, 15) is 22.4 Å². The molecule has 3 nitrogen and oxygen atoms in total. The van der Waals surface area contributed by atoms with Crippen LogP contribution in [0.15, 0.2) is 36.4 Å². The Kier molecular flexibility index (Phi) is 4.82. The quantitative estimate of drug-likeness (QED) is 0.836. The van der Waals surface area contributed by atoms with E-state index in [1.54, 1.807) is 25.9 Å². The van der Waals surface area contributed by atoms with Crippen molar-refractivity contribution < 1.29 is 22.4 Å². The normalized spacial score (nSPS) is 11.3. The summed E-state index contributed by atoms with van der Waals surface area (Å²) in [5, 5.41) is 2.44. The summed E-state index contributed by atoms with van der Waals surface area (Å²) in [4.78, 5) is 13.9. The summed E-state index contributed by atoms with van der Waals surface area (Å²) in [6.07, 6.45) is -4.53. The number of carbonyl (C=O) groups excluding carboxylic acids is 1. The lowest BCUT2D eigenvalue weighted by atomic mass is 10.1. The molecule has 2 aromatic carbocycles. The van der Waals surface area contributed by atoms with Crippen molar-refractivity contribution in [1.82, 2.24) is 0 Å². The van der Waals surface area contributed by atoms with Gasteiger partial charge in [0.2, 0.25) is 0 Å². The molecule has 0 saturated heterocycles. The van der Waals surface area contributed by atoms with Crippen LogP contribution >= 0.6 is 0 Å². The fourth-order valence-corrected chi connectivity index (χ4v) is 2.23. The second-order valence-corrected chi connectivity index (χ2v) is 5.54. The number of amides is 1. The molecule has 2 rings (SSSR count). The summed E-state index contributed by atoms with van der Waals surface area (Å²) in [5.41, 5.74) is 0.123. The molecule has 7 heteroatoms. The van der Waals surface area contributed by atoms with E-state index in [2.05, 4.69) is 5.32 Å². The molecule has 0 spiro atoms. The predicted molar refractivity (Wildman–Crippen MR) is 84.9 cm³/mol. The molecule has 0 aliphatic heterocycles. The van der Waals surface area contributed by atoms with Crippen molar-refractivity contribution in [2.75, 3.05) is 24.3 Å². The van der Waals surface area contributed by atoms with Crippen LogP contribution in [0.1, 0.15) is 21.5 Å². The third kappa shape index (κ3) is 3.84. The number of alkyl halides is 3. The largest absolute Gasteiger partial charge is 0.416 e. The van der Waals surface area contributed by atoms with Crippen LogP contribution in [-0.2, 0) is 6.18 Å². The van der Waals surface area contributed by atoms with Gasteiger partial charge in [0, 0.05) is 19.7 Å². The SMILES string of the molecule is Cc1ccc(F)cc1C(=O)Nc1cc(C(F)(F)F)ccc1N(C)C. The van der Waals surface area contributed by atoms with Crippen molar-refractivity contribution in [2.45, 2.75) is 13.1 Å². The van der Waals surface area contributed by atoms with Gasteiger partial charge in [-0.15, -0.1) is 0 Å². The van der Waals surface area contributed by atoms with Gasteiger partial charge in [0.1, 0.15) is 5.82 Å². The van der Waals surface area contributed by atoms with Crippen LogP contribution in [0.5, 0.6) is 0 Å². The number of aryl methyl sites for hydroxylation is 1. The maximum atomic E-state index is 13.3. The topological polar surface area (TPSA) is 32.3 Å². The number of nitrogens with zero attached hydrogens (tertiary/aromatic N) is 1. The molecule has 0 fully saturated rings. The second-order valence-electron chi connectivity index (χ2n) is 5.54. The molecule has 0 aliphatic carbocycles. The Morgan fingerprint density at radius 3 is 2.33 bits per heavy atom. The Morgan fingerprint density at radius 1 is 1.08 bits per heavy atom. The Labute approximate surface area is 136 Å². The zero-order valence-electron chi connectivity index (χ0n) is 13.3. The minimum Gasteiger partial charge on any atom is -0.376 e. The summed E-state index contributed by atoms with van der Waals surface area (Å²) in [6, 6.07) is 6.77. The Morgan fingerprint density at radius 2 is 1.75 bits per heavy atom. The average Bonchev–Trinajstić information content (AvgIpc) is 2.48. The lowest BCUT2D eigenvalue weighted by molar-refractivity contribution is -0.137. The first-order chi connectivity index (χ1) is 11.1. The molecule has 0 saturated carbocycles. The molecule has 0 heterocycles. The van der Waals surface area contributed by atoms with Gasteiger partial charge in [-0.1, -0.05) is 6.07 Å². The highest BCUT2D eigenvalue weighted by molar-refractivity contribution is 6.06. The third-order valence-corrected chi connectivity index (χ3v) is 3.50. The first kappa shape index (κ1) is 17.8. The molecular formula is C17H16F4N2O. The molecule has 0 atom stereocenters. The highest BCUT2D eigenvalue weighted by Gasteiger charge is 2.31. The monoisotopic (exact) mass is 340 g/mol.